The van der Waals surface area contributed by atoms with Gasteiger partial charge in [0.2, 0.25) is 5.82 Å². The summed E-state index contributed by atoms with van der Waals surface area (Å²) in [4.78, 5) is 1.22. The van der Waals surface area contributed by atoms with Crippen LogP contribution in [-0.2, 0) is 0 Å². The maximum atomic E-state index is 13.6. The molecule has 0 unspecified atom stereocenters. The average Bonchev–Trinajstić information content (AvgIpc) is 2.93. The van der Waals surface area contributed by atoms with Gasteiger partial charge < -0.3 is 5.73 Å². The molecule has 100 valence electrons. The standard InChI is InChI=1S/C13H9BrFN5/c14-9-6-11(16)12(7-10(9)15)20-18-13(17-19-20)8-4-2-1-3-5-8/h1-7H,16H2. The molecule has 3 aromatic rings. The van der Waals surface area contributed by atoms with Crippen LogP contribution in [0.4, 0.5) is 10.1 Å². The lowest BCUT2D eigenvalue weighted by Gasteiger charge is -2.04. The SMILES string of the molecule is Nc1cc(Br)c(F)cc1-n1nnc(-c2ccccc2)n1. The van der Waals surface area contributed by atoms with Gasteiger partial charge in [0.25, 0.3) is 0 Å². The summed E-state index contributed by atoms with van der Waals surface area (Å²) in [6, 6.07) is 12.1. The number of hydrogen-bond acceptors (Lipinski definition) is 4. The highest BCUT2D eigenvalue weighted by Crippen LogP contribution is 2.25. The second-order valence-corrected chi connectivity index (χ2v) is 4.95. The molecule has 0 bridgehead atoms. The molecule has 0 aliphatic carbocycles. The Labute approximate surface area is 122 Å². The van der Waals surface area contributed by atoms with E-state index in [1.165, 1.54) is 16.9 Å². The van der Waals surface area contributed by atoms with Crippen LogP contribution in [-0.4, -0.2) is 20.2 Å². The summed E-state index contributed by atoms with van der Waals surface area (Å²) in [5.74, 6) is 0.0149. The van der Waals surface area contributed by atoms with E-state index >= 15 is 0 Å². The van der Waals surface area contributed by atoms with E-state index in [1.807, 2.05) is 30.3 Å². The molecule has 3 rings (SSSR count). The van der Waals surface area contributed by atoms with Crippen LogP contribution >= 0.6 is 15.9 Å². The predicted molar refractivity (Wildman–Crippen MR) is 76.7 cm³/mol. The van der Waals surface area contributed by atoms with Crippen molar-refractivity contribution in [2.75, 3.05) is 5.73 Å². The van der Waals surface area contributed by atoms with Crippen LogP contribution in [0.25, 0.3) is 17.1 Å². The first-order valence-corrected chi connectivity index (χ1v) is 6.55. The van der Waals surface area contributed by atoms with Crippen molar-refractivity contribution in [1.82, 2.24) is 20.2 Å². The zero-order valence-electron chi connectivity index (χ0n) is 10.2. The summed E-state index contributed by atoms with van der Waals surface area (Å²) in [6.07, 6.45) is 0. The van der Waals surface area contributed by atoms with Crippen molar-refractivity contribution in [3.05, 3.63) is 52.8 Å². The highest BCUT2D eigenvalue weighted by Gasteiger charge is 2.12. The van der Waals surface area contributed by atoms with Crippen molar-refractivity contribution in [2.45, 2.75) is 0 Å². The Morgan fingerprint density at radius 2 is 1.90 bits per heavy atom. The molecule has 0 amide bonds. The molecule has 0 aliphatic rings. The van der Waals surface area contributed by atoms with Gasteiger partial charge in [-0.15, -0.1) is 15.0 Å². The number of aromatic nitrogens is 4. The van der Waals surface area contributed by atoms with Crippen molar-refractivity contribution < 1.29 is 4.39 Å². The third kappa shape index (κ3) is 2.27. The van der Waals surface area contributed by atoms with Crippen molar-refractivity contribution in [1.29, 1.82) is 0 Å². The lowest BCUT2D eigenvalue weighted by atomic mass is 10.2. The minimum absolute atomic E-state index is 0.294. The second-order valence-electron chi connectivity index (χ2n) is 4.09. The molecule has 1 heterocycles. The number of nitrogens with zero attached hydrogens (tertiary/aromatic N) is 4. The topological polar surface area (TPSA) is 69.6 Å². The van der Waals surface area contributed by atoms with Gasteiger partial charge >= 0.3 is 0 Å². The largest absolute Gasteiger partial charge is 0.397 e. The maximum absolute atomic E-state index is 13.6. The second kappa shape index (κ2) is 5.01. The Morgan fingerprint density at radius 3 is 2.65 bits per heavy atom. The van der Waals surface area contributed by atoms with Crippen molar-refractivity contribution in [3.8, 4) is 17.1 Å². The van der Waals surface area contributed by atoms with E-state index in [-0.39, 0.29) is 0 Å². The van der Waals surface area contributed by atoms with Gasteiger partial charge in [-0.2, -0.15) is 0 Å². The summed E-state index contributed by atoms with van der Waals surface area (Å²) < 4.78 is 13.9. The summed E-state index contributed by atoms with van der Waals surface area (Å²) in [6.45, 7) is 0. The Hall–Kier alpha value is -2.28. The van der Waals surface area contributed by atoms with Gasteiger partial charge in [0.15, 0.2) is 0 Å². The summed E-state index contributed by atoms with van der Waals surface area (Å²) in [5.41, 5.74) is 7.38. The number of rotatable bonds is 2. The lowest BCUT2D eigenvalue weighted by Crippen LogP contribution is -2.04. The van der Waals surface area contributed by atoms with Crippen LogP contribution in [0, 0.1) is 5.82 Å². The minimum Gasteiger partial charge on any atom is -0.397 e. The van der Waals surface area contributed by atoms with Crippen LogP contribution < -0.4 is 5.73 Å². The predicted octanol–water partition coefficient (Wildman–Crippen LogP) is 2.81. The Kier molecular flexibility index (Phi) is 3.19. The molecule has 0 radical (unpaired) electrons. The summed E-state index contributed by atoms with van der Waals surface area (Å²) >= 11 is 3.07. The fraction of sp³-hybridized carbons (Fsp3) is 0. The molecule has 5 nitrogen and oxygen atoms in total. The molecule has 0 saturated heterocycles. The average molecular weight is 334 g/mol. The monoisotopic (exact) mass is 333 g/mol. The number of anilines is 1. The maximum Gasteiger partial charge on any atom is 0.205 e. The third-order valence-electron chi connectivity index (χ3n) is 2.73. The molecule has 1 aromatic heterocycles. The van der Waals surface area contributed by atoms with E-state index in [0.717, 1.165) is 5.56 Å². The number of hydrogen-bond donors (Lipinski definition) is 1. The normalized spacial score (nSPS) is 10.7. The fourth-order valence-corrected chi connectivity index (χ4v) is 2.11. The van der Waals surface area contributed by atoms with Crippen LogP contribution in [0.15, 0.2) is 46.9 Å². The van der Waals surface area contributed by atoms with Crippen molar-refractivity contribution in [2.24, 2.45) is 0 Å². The van der Waals surface area contributed by atoms with Crippen molar-refractivity contribution >= 4 is 21.6 Å². The molecule has 20 heavy (non-hydrogen) atoms. The number of nitrogens with two attached hydrogens (primary N) is 1. The molecular formula is C13H9BrFN5. The van der Waals surface area contributed by atoms with Crippen molar-refractivity contribution in [3.63, 3.8) is 0 Å². The highest BCUT2D eigenvalue weighted by molar-refractivity contribution is 9.10. The van der Waals surface area contributed by atoms with Crippen LogP contribution in [0.5, 0.6) is 0 Å². The first-order valence-electron chi connectivity index (χ1n) is 5.75. The van der Waals surface area contributed by atoms with E-state index in [1.54, 1.807) is 0 Å². The smallest absolute Gasteiger partial charge is 0.205 e. The van der Waals surface area contributed by atoms with Crippen LogP contribution in [0.1, 0.15) is 0 Å². The summed E-state index contributed by atoms with van der Waals surface area (Å²) in [5, 5.41) is 12.1. The molecule has 0 saturated carbocycles. The molecule has 2 aromatic carbocycles. The third-order valence-corrected chi connectivity index (χ3v) is 3.34. The van der Waals surface area contributed by atoms with Gasteiger partial charge in [-0.3, -0.25) is 0 Å². The van der Waals surface area contributed by atoms with E-state index < -0.39 is 5.82 Å². The molecule has 0 fully saturated rings. The molecule has 0 aliphatic heterocycles. The zero-order valence-corrected chi connectivity index (χ0v) is 11.7. The lowest BCUT2D eigenvalue weighted by molar-refractivity contribution is 0.615. The molecule has 7 heteroatoms. The minimum atomic E-state index is -0.437. The van der Waals surface area contributed by atoms with Gasteiger partial charge in [-0.25, -0.2) is 4.39 Å². The van der Waals surface area contributed by atoms with Gasteiger partial charge in [0.05, 0.1) is 10.2 Å². The van der Waals surface area contributed by atoms with Crippen LogP contribution in [0.3, 0.4) is 0 Å². The van der Waals surface area contributed by atoms with Gasteiger partial charge in [0.1, 0.15) is 11.5 Å². The first kappa shape index (κ1) is 12.7. The fourth-order valence-electron chi connectivity index (χ4n) is 1.74. The molecule has 0 atom stereocenters. The highest BCUT2D eigenvalue weighted by atomic mass is 79.9. The number of benzene rings is 2. The molecule has 0 spiro atoms. The van der Waals surface area contributed by atoms with Gasteiger partial charge in [0, 0.05) is 11.6 Å². The summed E-state index contributed by atoms with van der Waals surface area (Å²) in [7, 11) is 0. The Bertz CT molecular complexity index is 757. The number of nitrogen functional groups attached to an aromatic ring is 1. The molecular weight excluding hydrogens is 325 g/mol. The quantitative estimate of drug-likeness (QED) is 0.732. The van der Waals surface area contributed by atoms with Gasteiger partial charge in [-0.05, 0) is 27.2 Å². The van der Waals surface area contributed by atoms with Gasteiger partial charge in [-0.1, -0.05) is 30.3 Å². The molecule has 2 N–H and O–H groups in total. The number of halogens is 2. The van der Waals surface area contributed by atoms with E-state index in [9.17, 15) is 4.39 Å². The zero-order chi connectivity index (χ0) is 14.1. The Morgan fingerprint density at radius 1 is 1.15 bits per heavy atom. The van der Waals surface area contributed by atoms with E-state index in [0.29, 0.717) is 21.7 Å². The number of tetrazole rings is 1. The first-order chi connectivity index (χ1) is 9.65. The van der Waals surface area contributed by atoms with E-state index in [2.05, 4.69) is 31.3 Å². The van der Waals surface area contributed by atoms with E-state index in [4.69, 9.17) is 5.73 Å². The Balaban J connectivity index is 2.05. The van der Waals surface area contributed by atoms with Crippen LogP contribution in [0.2, 0.25) is 0 Å².